The maximum absolute atomic E-state index is 5.45. The van der Waals surface area contributed by atoms with Crippen LogP contribution in [0.2, 0.25) is 0 Å². The van der Waals surface area contributed by atoms with Crippen molar-refractivity contribution < 1.29 is 4.74 Å². The number of rotatable bonds is 5. The summed E-state index contributed by atoms with van der Waals surface area (Å²) < 4.78 is 5.45. The molecule has 0 saturated carbocycles. The third-order valence-electron chi connectivity index (χ3n) is 4.28. The molecule has 0 aliphatic heterocycles. The Hall–Kier alpha value is -1.28. The average Bonchev–Trinajstić information content (AvgIpc) is 2.54. The van der Waals surface area contributed by atoms with Crippen LogP contribution in [0.5, 0.6) is 5.75 Å². The first-order valence-electron chi connectivity index (χ1n) is 7.37. The van der Waals surface area contributed by atoms with Crippen LogP contribution >= 0.6 is 15.9 Å². The van der Waals surface area contributed by atoms with Gasteiger partial charge in [-0.05, 0) is 29.0 Å². The van der Waals surface area contributed by atoms with E-state index in [1.807, 2.05) is 18.2 Å². The van der Waals surface area contributed by atoms with Crippen LogP contribution in [0.3, 0.4) is 0 Å². The topological polar surface area (TPSA) is 9.23 Å². The molecule has 1 atom stereocenters. The van der Waals surface area contributed by atoms with Gasteiger partial charge < -0.3 is 4.74 Å². The second-order valence-electron chi connectivity index (χ2n) is 5.96. The maximum atomic E-state index is 5.45. The molecule has 0 saturated heterocycles. The Morgan fingerprint density at radius 2 is 1.67 bits per heavy atom. The number of alkyl halides is 1. The molecular formula is C19H23BrO. The summed E-state index contributed by atoms with van der Waals surface area (Å²) in [6.07, 6.45) is 1.14. The molecule has 112 valence electrons. The largest absolute Gasteiger partial charge is 0.496 e. The highest BCUT2D eigenvalue weighted by molar-refractivity contribution is 9.09. The third-order valence-corrected chi connectivity index (χ3v) is 5.30. The first kappa shape index (κ1) is 16.1. The first-order valence-corrected chi connectivity index (χ1v) is 8.28. The van der Waals surface area contributed by atoms with Crippen LogP contribution in [0.25, 0.3) is 0 Å². The number of methoxy groups -OCH3 is 1. The fourth-order valence-electron chi connectivity index (χ4n) is 2.36. The van der Waals surface area contributed by atoms with E-state index >= 15 is 0 Å². The van der Waals surface area contributed by atoms with Crippen LogP contribution in [-0.2, 0) is 5.41 Å². The van der Waals surface area contributed by atoms with Gasteiger partial charge in [-0.2, -0.15) is 0 Å². The van der Waals surface area contributed by atoms with Crippen molar-refractivity contribution in [1.29, 1.82) is 0 Å². The molecule has 2 aromatic carbocycles. The number of benzene rings is 2. The van der Waals surface area contributed by atoms with E-state index in [1.165, 1.54) is 11.1 Å². The second kappa shape index (κ2) is 6.65. The Morgan fingerprint density at radius 3 is 2.24 bits per heavy atom. The van der Waals surface area contributed by atoms with Gasteiger partial charge >= 0.3 is 0 Å². The lowest BCUT2D eigenvalue weighted by molar-refractivity contribution is 0.410. The van der Waals surface area contributed by atoms with E-state index in [4.69, 9.17) is 4.74 Å². The minimum atomic E-state index is 0.146. The monoisotopic (exact) mass is 346 g/mol. The van der Waals surface area contributed by atoms with Crippen molar-refractivity contribution in [3.05, 3.63) is 65.2 Å². The maximum Gasteiger partial charge on any atom is 0.123 e. The quantitative estimate of drug-likeness (QED) is 0.615. The molecule has 0 aliphatic carbocycles. The molecule has 0 amide bonds. The zero-order chi connectivity index (χ0) is 15.5. The highest BCUT2D eigenvalue weighted by Crippen LogP contribution is 2.37. The molecule has 0 bridgehead atoms. The second-order valence-corrected chi connectivity index (χ2v) is 6.88. The predicted molar refractivity (Wildman–Crippen MR) is 93.5 cm³/mol. The Balaban J connectivity index is 2.30. The molecule has 1 nitrogen and oxygen atoms in total. The van der Waals surface area contributed by atoms with Gasteiger partial charge in [-0.3, -0.25) is 0 Å². The molecule has 2 heteroatoms. The van der Waals surface area contributed by atoms with Crippen molar-refractivity contribution in [2.24, 2.45) is 0 Å². The van der Waals surface area contributed by atoms with Gasteiger partial charge in [-0.1, -0.05) is 79.2 Å². The van der Waals surface area contributed by atoms with E-state index in [2.05, 4.69) is 67.0 Å². The highest BCUT2D eigenvalue weighted by atomic mass is 79.9. The van der Waals surface area contributed by atoms with Crippen molar-refractivity contribution in [3.63, 3.8) is 0 Å². The number of hydrogen-bond acceptors (Lipinski definition) is 1. The summed E-state index contributed by atoms with van der Waals surface area (Å²) in [6, 6.07) is 17.0. The number of para-hydroxylation sites is 1. The van der Waals surface area contributed by atoms with E-state index in [0.717, 1.165) is 17.7 Å². The average molecular weight is 347 g/mol. The van der Waals surface area contributed by atoms with Crippen molar-refractivity contribution in [3.8, 4) is 5.75 Å². The van der Waals surface area contributed by atoms with Crippen LogP contribution in [0, 0.1) is 0 Å². The van der Waals surface area contributed by atoms with Gasteiger partial charge in [0.15, 0.2) is 0 Å². The lowest BCUT2D eigenvalue weighted by Crippen LogP contribution is -2.15. The Bertz CT molecular complexity index is 587. The van der Waals surface area contributed by atoms with Gasteiger partial charge in [0.25, 0.3) is 0 Å². The lowest BCUT2D eigenvalue weighted by atomic mass is 9.82. The zero-order valence-corrected chi connectivity index (χ0v) is 14.8. The number of halogens is 1. The van der Waals surface area contributed by atoms with E-state index < -0.39 is 0 Å². The SMILES string of the molecule is CCC(C)(C)c1ccc(C(Br)c2ccccc2OC)cc1. The van der Waals surface area contributed by atoms with Crippen LogP contribution in [0.15, 0.2) is 48.5 Å². The van der Waals surface area contributed by atoms with Gasteiger partial charge in [0.05, 0.1) is 11.9 Å². The van der Waals surface area contributed by atoms with Gasteiger partial charge in [0, 0.05) is 5.56 Å². The summed E-state index contributed by atoms with van der Waals surface area (Å²) in [5, 5.41) is 0. The fourth-order valence-corrected chi connectivity index (χ4v) is 3.05. The van der Waals surface area contributed by atoms with E-state index in [1.54, 1.807) is 7.11 Å². The number of hydrogen-bond donors (Lipinski definition) is 0. The Kier molecular flexibility index (Phi) is 5.10. The van der Waals surface area contributed by atoms with Crippen molar-refractivity contribution >= 4 is 15.9 Å². The zero-order valence-electron chi connectivity index (χ0n) is 13.2. The molecule has 0 heterocycles. The van der Waals surface area contributed by atoms with Crippen LogP contribution in [0.1, 0.15) is 48.7 Å². The predicted octanol–water partition coefficient (Wildman–Crippen LogP) is 5.87. The Morgan fingerprint density at radius 1 is 1.05 bits per heavy atom. The minimum absolute atomic E-state index is 0.146. The molecule has 0 spiro atoms. The normalized spacial score (nSPS) is 13.0. The summed E-state index contributed by atoms with van der Waals surface area (Å²) in [5.41, 5.74) is 4.01. The van der Waals surface area contributed by atoms with Crippen molar-refractivity contribution in [2.45, 2.75) is 37.4 Å². The molecule has 0 N–H and O–H groups in total. The fraction of sp³-hybridized carbons (Fsp3) is 0.368. The summed E-state index contributed by atoms with van der Waals surface area (Å²) in [5.74, 6) is 0.914. The molecule has 0 fully saturated rings. The summed E-state index contributed by atoms with van der Waals surface area (Å²) in [4.78, 5) is 0.146. The summed E-state index contributed by atoms with van der Waals surface area (Å²) in [7, 11) is 1.71. The molecule has 0 radical (unpaired) electrons. The standard InChI is InChI=1S/C19H23BrO/c1-5-19(2,3)15-12-10-14(11-13-15)18(20)16-8-6-7-9-17(16)21-4/h6-13,18H,5H2,1-4H3. The van der Waals surface area contributed by atoms with Gasteiger partial charge in [-0.25, -0.2) is 0 Å². The highest BCUT2D eigenvalue weighted by Gasteiger charge is 2.19. The smallest absolute Gasteiger partial charge is 0.123 e. The summed E-state index contributed by atoms with van der Waals surface area (Å²) in [6.45, 7) is 6.80. The third kappa shape index (κ3) is 3.49. The van der Waals surface area contributed by atoms with Crippen LogP contribution in [-0.4, -0.2) is 7.11 Å². The molecule has 2 aromatic rings. The lowest BCUT2D eigenvalue weighted by Gasteiger charge is -2.24. The molecule has 0 aromatic heterocycles. The van der Waals surface area contributed by atoms with E-state index in [-0.39, 0.29) is 10.2 Å². The molecule has 0 aliphatic rings. The molecular weight excluding hydrogens is 324 g/mol. The van der Waals surface area contributed by atoms with Crippen LogP contribution in [0.4, 0.5) is 0 Å². The number of ether oxygens (including phenoxy) is 1. The Labute approximate surface area is 136 Å². The molecule has 2 rings (SSSR count). The summed E-state index contributed by atoms with van der Waals surface area (Å²) >= 11 is 3.80. The van der Waals surface area contributed by atoms with E-state index in [9.17, 15) is 0 Å². The van der Waals surface area contributed by atoms with Gasteiger partial charge in [-0.15, -0.1) is 0 Å². The van der Waals surface area contributed by atoms with Gasteiger partial charge in [0.2, 0.25) is 0 Å². The van der Waals surface area contributed by atoms with E-state index in [0.29, 0.717) is 0 Å². The minimum Gasteiger partial charge on any atom is -0.496 e. The van der Waals surface area contributed by atoms with Gasteiger partial charge in [0.1, 0.15) is 5.75 Å². The van der Waals surface area contributed by atoms with Crippen molar-refractivity contribution in [1.82, 2.24) is 0 Å². The molecule has 1 unspecified atom stereocenters. The first-order chi connectivity index (χ1) is 9.99. The van der Waals surface area contributed by atoms with Crippen molar-refractivity contribution in [2.75, 3.05) is 7.11 Å². The van der Waals surface area contributed by atoms with Crippen LogP contribution < -0.4 is 4.74 Å². The molecule has 21 heavy (non-hydrogen) atoms.